The zero-order valence-electron chi connectivity index (χ0n) is 14.6. The third kappa shape index (κ3) is 4.89. The van der Waals surface area contributed by atoms with Gasteiger partial charge in [-0.25, -0.2) is 0 Å². The van der Waals surface area contributed by atoms with Crippen molar-refractivity contribution in [3.8, 4) is 0 Å². The van der Waals surface area contributed by atoms with Crippen LogP contribution in [0.15, 0.2) is 54.6 Å². The summed E-state index contributed by atoms with van der Waals surface area (Å²) < 4.78 is 0. The quantitative estimate of drug-likeness (QED) is 0.640. The molecule has 2 aromatic rings. The van der Waals surface area contributed by atoms with Crippen LogP contribution in [0.5, 0.6) is 0 Å². The molecule has 0 atom stereocenters. The molecule has 0 bridgehead atoms. The second kappa shape index (κ2) is 8.58. The van der Waals surface area contributed by atoms with Gasteiger partial charge in [-0.05, 0) is 37.0 Å². The van der Waals surface area contributed by atoms with Gasteiger partial charge in [0.25, 0.3) is 11.6 Å². The maximum Gasteiger partial charge on any atom is 0.269 e. The van der Waals surface area contributed by atoms with Gasteiger partial charge in [0.2, 0.25) is 0 Å². The summed E-state index contributed by atoms with van der Waals surface area (Å²) in [7, 11) is 0. The van der Waals surface area contributed by atoms with Gasteiger partial charge in [-0.2, -0.15) is 0 Å². The van der Waals surface area contributed by atoms with E-state index in [1.807, 2.05) is 42.5 Å². The Hall–Kier alpha value is -2.73. The molecule has 0 spiro atoms. The molecular formula is C20H23N3O3. The van der Waals surface area contributed by atoms with E-state index in [9.17, 15) is 14.9 Å². The molecule has 3 rings (SSSR count). The zero-order valence-corrected chi connectivity index (χ0v) is 14.6. The molecule has 1 amide bonds. The van der Waals surface area contributed by atoms with Crippen LogP contribution in [-0.2, 0) is 6.42 Å². The number of carbonyl (C=O) groups is 1. The van der Waals surface area contributed by atoms with Crippen LogP contribution in [0, 0.1) is 10.1 Å². The van der Waals surface area contributed by atoms with E-state index in [0.29, 0.717) is 5.56 Å². The first-order chi connectivity index (χ1) is 12.6. The van der Waals surface area contributed by atoms with Crippen LogP contribution < -0.4 is 5.32 Å². The summed E-state index contributed by atoms with van der Waals surface area (Å²) in [4.78, 5) is 24.9. The smallest absolute Gasteiger partial charge is 0.269 e. The molecule has 1 aliphatic rings. The van der Waals surface area contributed by atoms with E-state index < -0.39 is 0 Å². The molecule has 6 heteroatoms. The van der Waals surface area contributed by atoms with Crippen LogP contribution in [-0.4, -0.2) is 41.4 Å². The topological polar surface area (TPSA) is 75.5 Å². The molecule has 6 nitrogen and oxygen atoms in total. The van der Waals surface area contributed by atoms with Crippen molar-refractivity contribution in [2.45, 2.75) is 25.3 Å². The highest BCUT2D eigenvalue weighted by Crippen LogP contribution is 2.15. The lowest BCUT2D eigenvalue weighted by molar-refractivity contribution is -0.384. The largest absolute Gasteiger partial charge is 0.349 e. The predicted octanol–water partition coefficient (Wildman–Crippen LogP) is 3.03. The highest BCUT2D eigenvalue weighted by molar-refractivity contribution is 5.94. The number of nitrogens with zero attached hydrogens (tertiary/aromatic N) is 2. The molecule has 0 radical (unpaired) electrons. The number of likely N-dealkylation sites (tertiary alicyclic amines) is 1. The van der Waals surface area contributed by atoms with Gasteiger partial charge in [0, 0.05) is 43.4 Å². The summed E-state index contributed by atoms with van der Waals surface area (Å²) in [6.45, 7) is 2.83. The van der Waals surface area contributed by atoms with E-state index in [1.165, 1.54) is 0 Å². The molecule has 26 heavy (non-hydrogen) atoms. The van der Waals surface area contributed by atoms with Crippen LogP contribution in [0.2, 0.25) is 0 Å². The van der Waals surface area contributed by atoms with Gasteiger partial charge in [0.15, 0.2) is 0 Å². The van der Waals surface area contributed by atoms with Crippen molar-refractivity contribution in [2.24, 2.45) is 0 Å². The standard InChI is InChI=1S/C20H23N3O3/c24-20(17-4-2-1-3-5-17)21-18-11-14-22(15-12-18)13-10-16-6-8-19(9-7-16)23(25)26/h1-9,18H,10-15H2,(H,21,24). The van der Waals surface area contributed by atoms with E-state index in [-0.39, 0.29) is 22.6 Å². The van der Waals surface area contributed by atoms with Crippen molar-refractivity contribution in [2.75, 3.05) is 19.6 Å². The Morgan fingerprint density at radius 3 is 2.35 bits per heavy atom. The lowest BCUT2D eigenvalue weighted by Crippen LogP contribution is -2.45. The third-order valence-corrected chi connectivity index (χ3v) is 4.82. The Morgan fingerprint density at radius 1 is 1.08 bits per heavy atom. The van der Waals surface area contributed by atoms with Gasteiger partial charge in [-0.15, -0.1) is 0 Å². The van der Waals surface area contributed by atoms with E-state index in [4.69, 9.17) is 0 Å². The lowest BCUT2D eigenvalue weighted by Gasteiger charge is -2.32. The molecule has 0 saturated carbocycles. The monoisotopic (exact) mass is 353 g/mol. The van der Waals surface area contributed by atoms with Gasteiger partial charge in [0.05, 0.1) is 4.92 Å². The van der Waals surface area contributed by atoms with Gasteiger partial charge in [0.1, 0.15) is 0 Å². The highest BCUT2D eigenvalue weighted by Gasteiger charge is 2.20. The van der Waals surface area contributed by atoms with Crippen molar-refractivity contribution >= 4 is 11.6 Å². The SMILES string of the molecule is O=C(NC1CCN(CCc2ccc([N+](=O)[O-])cc2)CC1)c1ccccc1. The number of piperidine rings is 1. The average molecular weight is 353 g/mol. The van der Waals surface area contributed by atoms with Crippen LogP contribution in [0.4, 0.5) is 5.69 Å². The van der Waals surface area contributed by atoms with Crippen LogP contribution in [0.1, 0.15) is 28.8 Å². The molecular weight excluding hydrogens is 330 g/mol. The Morgan fingerprint density at radius 2 is 1.73 bits per heavy atom. The summed E-state index contributed by atoms with van der Waals surface area (Å²) in [5.41, 5.74) is 1.94. The molecule has 1 saturated heterocycles. The van der Waals surface area contributed by atoms with Crippen molar-refractivity contribution in [1.82, 2.24) is 10.2 Å². The third-order valence-electron chi connectivity index (χ3n) is 4.82. The number of nitro benzene ring substituents is 1. The molecule has 1 N–H and O–H groups in total. The number of hydrogen-bond donors (Lipinski definition) is 1. The van der Waals surface area contributed by atoms with Crippen LogP contribution in [0.25, 0.3) is 0 Å². The molecule has 1 fully saturated rings. The van der Waals surface area contributed by atoms with Gasteiger partial charge in [-0.3, -0.25) is 14.9 Å². The first kappa shape index (κ1) is 18.1. The first-order valence-electron chi connectivity index (χ1n) is 8.93. The van der Waals surface area contributed by atoms with Gasteiger partial charge >= 0.3 is 0 Å². The van der Waals surface area contributed by atoms with Crippen LogP contribution >= 0.6 is 0 Å². The molecule has 1 heterocycles. The normalized spacial score (nSPS) is 15.5. The van der Waals surface area contributed by atoms with Crippen molar-refractivity contribution < 1.29 is 9.72 Å². The van der Waals surface area contributed by atoms with Crippen molar-refractivity contribution in [1.29, 1.82) is 0 Å². The van der Waals surface area contributed by atoms with Crippen molar-refractivity contribution in [3.63, 3.8) is 0 Å². The minimum absolute atomic E-state index is 0.00469. The maximum absolute atomic E-state index is 12.2. The molecule has 0 aromatic heterocycles. The van der Waals surface area contributed by atoms with E-state index in [2.05, 4.69) is 10.2 Å². The Bertz CT molecular complexity index is 739. The zero-order chi connectivity index (χ0) is 18.4. The maximum atomic E-state index is 12.2. The fraction of sp³-hybridized carbons (Fsp3) is 0.350. The number of carbonyl (C=O) groups excluding carboxylic acids is 1. The summed E-state index contributed by atoms with van der Waals surface area (Å²) in [6, 6.07) is 16.3. The number of nitrogens with one attached hydrogen (secondary N) is 1. The number of benzene rings is 2. The summed E-state index contributed by atoms with van der Waals surface area (Å²) in [5.74, 6) is -0.00469. The second-order valence-electron chi connectivity index (χ2n) is 6.63. The van der Waals surface area contributed by atoms with E-state index in [0.717, 1.165) is 44.5 Å². The molecule has 136 valence electrons. The van der Waals surface area contributed by atoms with Gasteiger partial charge < -0.3 is 10.2 Å². The highest BCUT2D eigenvalue weighted by atomic mass is 16.6. The Labute approximate surface area is 153 Å². The number of hydrogen-bond acceptors (Lipinski definition) is 4. The Balaban J connectivity index is 1.41. The number of nitro groups is 1. The fourth-order valence-electron chi connectivity index (χ4n) is 3.23. The number of non-ortho nitro benzene ring substituents is 1. The van der Waals surface area contributed by atoms with E-state index in [1.54, 1.807) is 12.1 Å². The summed E-state index contributed by atoms with van der Waals surface area (Å²) in [6.07, 6.45) is 2.76. The average Bonchev–Trinajstić information content (AvgIpc) is 2.68. The number of amides is 1. The van der Waals surface area contributed by atoms with Gasteiger partial charge in [-0.1, -0.05) is 30.3 Å². The van der Waals surface area contributed by atoms with Crippen molar-refractivity contribution in [3.05, 3.63) is 75.8 Å². The lowest BCUT2D eigenvalue weighted by atomic mass is 10.0. The number of rotatable bonds is 6. The Kier molecular flexibility index (Phi) is 5.96. The first-order valence-corrected chi connectivity index (χ1v) is 8.93. The minimum Gasteiger partial charge on any atom is -0.349 e. The molecule has 2 aromatic carbocycles. The van der Waals surface area contributed by atoms with E-state index >= 15 is 0 Å². The predicted molar refractivity (Wildman–Crippen MR) is 100 cm³/mol. The molecule has 1 aliphatic heterocycles. The van der Waals surface area contributed by atoms with Crippen LogP contribution in [0.3, 0.4) is 0 Å². The minimum atomic E-state index is -0.377. The summed E-state index contributed by atoms with van der Waals surface area (Å²) in [5, 5.41) is 13.8. The summed E-state index contributed by atoms with van der Waals surface area (Å²) >= 11 is 0. The second-order valence-corrected chi connectivity index (χ2v) is 6.63. The molecule has 0 aliphatic carbocycles. The fourth-order valence-corrected chi connectivity index (χ4v) is 3.23. The molecule has 0 unspecified atom stereocenters.